The van der Waals surface area contributed by atoms with Gasteiger partial charge >= 0.3 is 5.97 Å². The van der Waals surface area contributed by atoms with Crippen LogP contribution in [0.15, 0.2) is 58.2 Å². The Morgan fingerprint density at radius 3 is 2.42 bits per heavy atom. The maximum absolute atomic E-state index is 11.5. The topological polar surface area (TPSA) is 26.3 Å². The van der Waals surface area contributed by atoms with E-state index in [0.29, 0.717) is 6.61 Å². The molecule has 0 radical (unpaired) electrons. The number of esters is 1. The molecule has 142 valence electrons. The molecule has 26 heavy (non-hydrogen) atoms. The molecular weight excluding hydrogens is 320 g/mol. The standard InChI is InChI=1S/C24H34O2/c1-6-26-23(25)17-18(2)12-13-20-10-7-11-21(20)14-15-22-19(3)9-8-16-24(22,4)5/h12-15,17H,6-11,16H2,1-5H3. The van der Waals surface area contributed by atoms with E-state index in [1.165, 1.54) is 42.4 Å². The summed E-state index contributed by atoms with van der Waals surface area (Å²) < 4.78 is 4.96. The van der Waals surface area contributed by atoms with E-state index in [2.05, 4.69) is 39.0 Å². The van der Waals surface area contributed by atoms with Crippen LogP contribution in [0.1, 0.15) is 73.1 Å². The lowest BCUT2D eigenvalue weighted by molar-refractivity contribution is -0.137. The fourth-order valence-electron chi connectivity index (χ4n) is 4.02. The van der Waals surface area contributed by atoms with Crippen LogP contribution in [0.25, 0.3) is 0 Å². The van der Waals surface area contributed by atoms with E-state index in [-0.39, 0.29) is 11.4 Å². The molecule has 0 heterocycles. The van der Waals surface area contributed by atoms with E-state index in [1.807, 2.05) is 19.9 Å². The minimum absolute atomic E-state index is 0.267. The molecule has 2 aliphatic carbocycles. The van der Waals surface area contributed by atoms with Crippen LogP contribution in [0.2, 0.25) is 0 Å². The molecule has 0 atom stereocenters. The minimum atomic E-state index is -0.267. The van der Waals surface area contributed by atoms with Gasteiger partial charge in [-0.25, -0.2) is 4.79 Å². The van der Waals surface area contributed by atoms with E-state index < -0.39 is 0 Å². The highest BCUT2D eigenvalue weighted by Gasteiger charge is 2.26. The Morgan fingerprint density at radius 1 is 1.08 bits per heavy atom. The van der Waals surface area contributed by atoms with Crippen LogP contribution < -0.4 is 0 Å². The number of allylic oxidation sites excluding steroid dienone is 9. The zero-order chi connectivity index (χ0) is 19.2. The largest absolute Gasteiger partial charge is 0.463 e. The Bertz CT molecular complexity index is 681. The first-order valence-corrected chi connectivity index (χ1v) is 9.97. The van der Waals surface area contributed by atoms with Gasteiger partial charge in [0.25, 0.3) is 0 Å². The monoisotopic (exact) mass is 354 g/mol. The number of carbonyl (C=O) groups excluding carboxylic acids is 1. The Hall–Kier alpha value is -1.83. The minimum Gasteiger partial charge on any atom is -0.463 e. The van der Waals surface area contributed by atoms with E-state index in [0.717, 1.165) is 18.4 Å². The lowest BCUT2D eigenvalue weighted by Crippen LogP contribution is -2.19. The maximum atomic E-state index is 11.5. The van der Waals surface area contributed by atoms with Gasteiger partial charge in [0.15, 0.2) is 0 Å². The molecule has 0 saturated carbocycles. The van der Waals surface area contributed by atoms with Gasteiger partial charge in [0.1, 0.15) is 0 Å². The molecule has 0 aromatic carbocycles. The average Bonchev–Trinajstić information content (AvgIpc) is 2.99. The predicted octanol–water partition coefficient (Wildman–Crippen LogP) is 6.62. The van der Waals surface area contributed by atoms with Gasteiger partial charge in [0.05, 0.1) is 6.61 Å². The lowest BCUT2D eigenvalue weighted by Gasteiger charge is -2.33. The van der Waals surface area contributed by atoms with Gasteiger partial charge in [-0.3, -0.25) is 0 Å². The highest BCUT2D eigenvalue weighted by molar-refractivity contribution is 5.83. The molecule has 0 aromatic rings. The van der Waals surface area contributed by atoms with E-state index >= 15 is 0 Å². The van der Waals surface area contributed by atoms with Crippen LogP contribution in [0.4, 0.5) is 0 Å². The van der Waals surface area contributed by atoms with E-state index in [4.69, 9.17) is 4.74 Å². The van der Waals surface area contributed by atoms with Gasteiger partial charge < -0.3 is 4.74 Å². The summed E-state index contributed by atoms with van der Waals surface area (Å²) >= 11 is 0. The van der Waals surface area contributed by atoms with Gasteiger partial charge in [-0.15, -0.1) is 0 Å². The predicted molar refractivity (Wildman–Crippen MR) is 110 cm³/mol. The lowest BCUT2D eigenvalue weighted by atomic mass is 9.72. The summed E-state index contributed by atoms with van der Waals surface area (Å²) in [6.07, 6.45) is 17.7. The highest BCUT2D eigenvalue weighted by Crippen LogP contribution is 2.41. The molecule has 0 bridgehead atoms. The second-order valence-electron chi connectivity index (χ2n) is 8.14. The molecule has 0 N–H and O–H groups in total. The average molecular weight is 355 g/mol. The first-order valence-electron chi connectivity index (χ1n) is 9.97. The molecule has 0 fully saturated rings. The Balaban J connectivity index is 2.15. The molecule has 2 heteroatoms. The molecule has 0 amide bonds. The van der Waals surface area contributed by atoms with Crippen LogP contribution in [-0.2, 0) is 9.53 Å². The summed E-state index contributed by atoms with van der Waals surface area (Å²) in [4.78, 5) is 11.5. The van der Waals surface area contributed by atoms with Gasteiger partial charge in [0, 0.05) is 6.08 Å². The van der Waals surface area contributed by atoms with Crippen molar-refractivity contribution in [3.05, 3.63) is 58.2 Å². The molecule has 0 spiro atoms. The van der Waals surface area contributed by atoms with Crippen molar-refractivity contribution in [3.8, 4) is 0 Å². The van der Waals surface area contributed by atoms with E-state index in [9.17, 15) is 4.79 Å². The van der Waals surface area contributed by atoms with Crippen molar-refractivity contribution < 1.29 is 9.53 Å². The van der Waals surface area contributed by atoms with Crippen molar-refractivity contribution in [3.63, 3.8) is 0 Å². The third-order valence-electron chi connectivity index (χ3n) is 5.48. The fraction of sp³-hybridized carbons (Fsp3) is 0.542. The molecule has 0 saturated heterocycles. The zero-order valence-corrected chi connectivity index (χ0v) is 17.2. The number of hydrogen-bond donors (Lipinski definition) is 0. The van der Waals surface area contributed by atoms with Crippen molar-refractivity contribution in [2.45, 2.75) is 73.1 Å². The fourth-order valence-corrected chi connectivity index (χ4v) is 4.02. The Labute approximate surface area is 159 Å². The smallest absolute Gasteiger partial charge is 0.330 e. The zero-order valence-electron chi connectivity index (χ0n) is 17.2. The molecule has 2 aliphatic rings. The summed E-state index contributed by atoms with van der Waals surface area (Å²) in [5.41, 5.74) is 7.11. The second-order valence-corrected chi connectivity index (χ2v) is 8.14. The maximum Gasteiger partial charge on any atom is 0.330 e. The Morgan fingerprint density at radius 2 is 1.77 bits per heavy atom. The van der Waals surface area contributed by atoms with Crippen LogP contribution >= 0.6 is 0 Å². The van der Waals surface area contributed by atoms with Crippen molar-refractivity contribution in [1.82, 2.24) is 0 Å². The normalized spacial score (nSPS) is 21.3. The molecular formula is C24H34O2. The summed E-state index contributed by atoms with van der Waals surface area (Å²) in [5.74, 6) is -0.267. The van der Waals surface area contributed by atoms with Crippen LogP contribution in [0.3, 0.4) is 0 Å². The quantitative estimate of drug-likeness (QED) is 0.304. The van der Waals surface area contributed by atoms with Crippen molar-refractivity contribution >= 4 is 5.97 Å². The van der Waals surface area contributed by atoms with Crippen LogP contribution in [0.5, 0.6) is 0 Å². The molecule has 0 aliphatic heterocycles. The van der Waals surface area contributed by atoms with Crippen molar-refractivity contribution in [2.24, 2.45) is 5.41 Å². The van der Waals surface area contributed by atoms with Crippen molar-refractivity contribution in [2.75, 3.05) is 6.61 Å². The first kappa shape index (κ1) is 20.5. The second kappa shape index (κ2) is 9.21. The third kappa shape index (κ3) is 5.59. The summed E-state index contributed by atoms with van der Waals surface area (Å²) in [7, 11) is 0. The molecule has 0 aromatic heterocycles. The van der Waals surface area contributed by atoms with Gasteiger partial charge in [-0.2, -0.15) is 0 Å². The SMILES string of the molecule is CCOC(=O)C=C(C)C=CC1=C(C=CC2=C(C)CCCC2(C)C)CCC1. The molecule has 2 nitrogen and oxygen atoms in total. The van der Waals surface area contributed by atoms with Gasteiger partial charge in [0.2, 0.25) is 0 Å². The summed E-state index contributed by atoms with van der Waals surface area (Å²) in [6, 6.07) is 0. The third-order valence-corrected chi connectivity index (χ3v) is 5.48. The molecule has 0 unspecified atom stereocenters. The van der Waals surface area contributed by atoms with E-state index in [1.54, 1.807) is 11.6 Å². The number of ether oxygens (including phenoxy) is 1. The van der Waals surface area contributed by atoms with Crippen LogP contribution in [-0.4, -0.2) is 12.6 Å². The Kier molecular flexibility index (Phi) is 7.25. The number of carbonyl (C=O) groups is 1. The number of rotatable bonds is 6. The van der Waals surface area contributed by atoms with Crippen molar-refractivity contribution in [1.29, 1.82) is 0 Å². The molecule has 2 rings (SSSR count). The first-order chi connectivity index (χ1) is 12.3. The summed E-state index contributed by atoms with van der Waals surface area (Å²) in [5, 5.41) is 0. The highest BCUT2D eigenvalue weighted by atomic mass is 16.5. The van der Waals surface area contributed by atoms with Crippen LogP contribution in [0, 0.1) is 5.41 Å². The number of hydrogen-bond acceptors (Lipinski definition) is 2. The van der Waals surface area contributed by atoms with Gasteiger partial charge in [-0.1, -0.05) is 43.7 Å². The van der Waals surface area contributed by atoms with Gasteiger partial charge in [-0.05, 0) is 87.0 Å². The summed E-state index contributed by atoms with van der Waals surface area (Å²) in [6.45, 7) is 11.2.